The molecule has 3 aliphatic rings. The molecule has 3 heterocycles. The van der Waals surface area contributed by atoms with Gasteiger partial charge in [-0.2, -0.15) is 0 Å². The molecule has 43 heavy (non-hydrogen) atoms. The molecule has 3 unspecified atom stereocenters. The zero-order valence-corrected chi connectivity index (χ0v) is 28.4. The van der Waals surface area contributed by atoms with Gasteiger partial charge < -0.3 is 18.9 Å². The minimum Gasteiger partial charge on any atom is -0.379 e. The zero-order chi connectivity index (χ0) is 30.6. The van der Waals surface area contributed by atoms with Crippen LogP contribution in [0.3, 0.4) is 0 Å². The number of quaternary nitrogens is 1. The number of likely N-dealkylation sites (N-methyl/N-ethyl adjacent to an activating group) is 1. The maximum absolute atomic E-state index is 12.8. The third-order valence-electron chi connectivity index (χ3n) is 9.71. The van der Waals surface area contributed by atoms with Crippen molar-refractivity contribution in [3.63, 3.8) is 0 Å². The maximum atomic E-state index is 12.8. The Labute approximate surface area is 263 Å². The molecule has 3 atom stereocenters. The Balaban J connectivity index is 1.26. The average Bonchev–Trinajstić information content (AvgIpc) is 3.01. The normalized spacial score (nSPS) is 23.8. The van der Waals surface area contributed by atoms with Crippen molar-refractivity contribution in [3.8, 4) is 0 Å². The first kappa shape index (κ1) is 36.7. The van der Waals surface area contributed by atoms with Crippen molar-refractivity contribution in [3.05, 3.63) is 35.9 Å². The molecule has 0 radical (unpaired) electrons. The highest BCUT2D eigenvalue weighted by atomic mass is 31.2. The van der Waals surface area contributed by atoms with E-state index < -0.39 is 13.9 Å². The van der Waals surface area contributed by atoms with Gasteiger partial charge >= 0.3 is 7.82 Å². The van der Waals surface area contributed by atoms with E-state index in [4.69, 9.17) is 18.5 Å². The SMILES string of the molecule is CCCCCCCCCCCCCCCCOCC(COP(=O)(O)OCC1CC2CC[N+]1(C)CC2)OCc1ccccc1. The Bertz CT molecular complexity index is 878. The second kappa shape index (κ2) is 21.1. The first-order valence-corrected chi connectivity index (χ1v) is 19.1. The number of hydrogen-bond acceptors (Lipinski definition) is 5. The summed E-state index contributed by atoms with van der Waals surface area (Å²) in [6, 6.07) is 10.2. The van der Waals surface area contributed by atoms with Crippen molar-refractivity contribution in [2.24, 2.45) is 5.92 Å². The molecule has 0 aliphatic carbocycles. The Morgan fingerprint density at radius 1 is 0.837 bits per heavy atom. The highest BCUT2D eigenvalue weighted by Crippen LogP contribution is 2.45. The van der Waals surface area contributed by atoms with Crippen LogP contribution in [0.15, 0.2) is 30.3 Å². The van der Waals surface area contributed by atoms with E-state index in [0.717, 1.165) is 41.9 Å². The molecule has 1 aromatic rings. The van der Waals surface area contributed by atoms with Crippen LogP contribution >= 0.6 is 7.82 Å². The molecule has 0 aromatic heterocycles. The van der Waals surface area contributed by atoms with E-state index >= 15 is 0 Å². The molecule has 4 rings (SSSR count). The van der Waals surface area contributed by atoms with E-state index in [1.54, 1.807) is 0 Å². The second-order valence-electron chi connectivity index (χ2n) is 13.4. The van der Waals surface area contributed by atoms with Crippen LogP contribution < -0.4 is 0 Å². The third kappa shape index (κ3) is 15.4. The Kier molecular flexibility index (Phi) is 18.0. The smallest absolute Gasteiger partial charge is 0.379 e. The highest BCUT2D eigenvalue weighted by molar-refractivity contribution is 7.47. The lowest BCUT2D eigenvalue weighted by Gasteiger charge is -2.52. The number of rotatable bonds is 26. The summed E-state index contributed by atoms with van der Waals surface area (Å²) in [5, 5.41) is 0. The van der Waals surface area contributed by atoms with Gasteiger partial charge in [-0.25, -0.2) is 4.57 Å². The molecule has 1 aromatic carbocycles. The topological polar surface area (TPSA) is 74.2 Å². The predicted octanol–water partition coefficient (Wildman–Crippen LogP) is 8.83. The van der Waals surface area contributed by atoms with E-state index in [1.165, 1.54) is 96.3 Å². The average molecular weight is 625 g/mol. The van der Waals surface area contributed by atoms with Gasteiger partial charge in [-0.1, -0.05) is 121 Å². The molecule has 0 saturated carbocycles. The van der Waals surface area contributed by atoms with Gasteiger partial charge in [0.2, 0.25) is 0 Å². The van der Waals surface area contributed by atoms with Crippen molar-refractivity contribution >= 4 is 7.82 Å². The first-order chi connectivity index (χ1) is 20.9. The Morgan fingerprint density at radius 3 is 2.00 bits per heavy atom. The summed E-state index contributed by atoms with van der Waals surface area (Å²) >= 11 is 0. The molecule has 0 amide bonds. The summed E-state index contributed by atoms with van der Waals surface area (Å²) in [5.74, 6) is 0.722. The lowest BCUT2D eigenvalue weighted by atomic mass is 9.81. The van der Waals surface area contributed by atoms with E-state index in [2.05, 4.69) is 14.0 Å². The molecule has 248 valence electrons. The van der Waals surface area contributed by atoms with Gasteiger partial charge in [0, 0.05) is 13.0 Å². The van der Waals surface area contributed by atoms with Crippen LogP contribution in [0.1, 0.15) is 122 Å². The number of ether oxygens (including phenoxy) is 2. The number of unbranched alkanes of at least 4 members (excludes halogenated alkanes) is 13. The summed E-state index contributed by atoms with van der Waals surface area (Å²) in [6.07, 6.45) is 21.7. The summed E-state index contributed by atoms with van der Waals surface area (Å²) in [6.45, 7) is 6.12. The Hall–Kier alpha value is -0.790. The minimum atomic E-state index is -4.18. The lowest BCUT2D eigenvalue weighted by Crippen LogP contribution is -2.62. The fourth-order valence-corrected chi connectivity index (χ4v) is 7.43. The van der Waals surface area contributed by atoms with Crippen molar-refractivity contribution in [2.45, 2.75) is 135 Å². The van der Waals surface area contributed by atoms with E-state index in [-0.39, 0.29) is 19.3 Å². The van der Waals surface area contributed by atoms with E-state index in [9.17, 15) is 9.46 Å². The van der Waals surface area contributed by atoms with Crippen LogP contribution in [0.2, 0.25) is 0 Å². The quantitative estimate of drug-likeness (QED) is 0.0631. The van der Waals surface area contributed by atoms with Crippen LogP contribution in [0.25, 0.3) is 0 Å². The molecule has 8 heteroatoms. The molecule has 0 spiro atoms. The van der Waals surface area contributed by atoms with Gasteiger partial charge in [-0.3, -0.25) is 9.05 Å². The van der Waals surface area contributed by atoms with Gasteiger partial charge in [-0.15, -0.1) is 0 Å². The van der Waals surface area contributed by atoms with Gasteiger partial charge in [-0.05, 0) is 30.7 Å². The molecule has 1 N–H and O–H groups in total. The number of nitrogens with zero attached hydrogens (tertiary/aromatic N) is 1. The number of benzene rings is 1. The zero-order valence-electron chi connectivity index (χ0n) is 27.5. The van der Waals surface area contributed by atoms with Gasteiger partial charge in [0.1, 0.15) is 18.8 Å². The third-order valence-corrected chi connectivity index (χ3v) is 10.7. The van der Waals surface area contributed by atoms with Crippen LogP contribution in [-0.2, 0) is 29.7 Å². The number of piperidine rings is 3. The standard InChI is InChI=1S/C35H62NO6P/c1-3-4-5-6-7-8-9-10-11-12-13-14-15-19-26-39-30-35(40-28-33-20-17-16-18-21-33)31-42-43(37,38)41-29-34-27-32-22-24-36(34,2)25-23-32/h16-18,20-21,32,34-35H,3-15,19,22-31H2,1-2H3/p+1. The van der Waals surface area contributed by atoms with Gasteiger partial charge in [0.15, 0.2) is 0 Å². The fourth-order valence-electron chi connectivity index (χ4n) is 6.64. The highest BCUT2D eigenvalue weighted by Gasteiger charge is 2.45. The largest absolute Gasteiger partial charge is 0.472 e. The maximum Gasteiger partial charge on any atom is 0.472 e. The molecule has 3 fully saturated rings. The molecule has 7 nitrogen and oxygen atoms in total. The second-order valence-corrected chi connectivity index (χ2v) is 14.9. The van der Waals surface area contributed by atoms with Crippen molar-refractivity contribution in [1.82, 2.24) is 0 Å². The van der Waals surface area contributed by atoms with Crippen LogP contribution in [0, 0.1) is 5.92 Å². The number of hydrogen-bond donors (Lipinski definition) is 1. The Morgan fingerprint density at radius 2 is 1.42 bits per heavy atom. The van der Waals surface area contributed by atoms with Crippen molar-refractivity contribution in [1.29, 1.82) is 0 Å². The summed E-state index contributed by atoms with van der Waals surface area (Å²) in [5.41, 5.74) is 1.04. The summed E-state index contributed by atoms with van der Waals surface area (Å²) in [7, 11) is -1.94. The monoisotopic (exact) mass is 624 g/mol. The first-order valence-electron chi connectivity index (χ1n) is 17.6. The molecular formula is C35H63NO6P+. The number of phosphoric ester groups is 1. The van der Waals surface area contributed by atoms with E-state index in [1.807, 2.05) is 30.3 Å². The van der Waals surface area contributed by atoms with Gasteiger partial charge in [0.25, 0.3) is 0 Å². The van der Waals surface area contributed by atoms with Crippen LogP contribution in [0.4, 0.5) is 0 Å². The lowest BCUT2D eigenvalue weighted by molar-refractivity contribution is -0.949. The van der Waals surface area contributed by atoms with Crippen LogP contribution in [-0.4, -0.2) is 68.1 Å². The summed E-state index contributed by atoms with van der Waals surface area (Å²) in [4.78, 5) is 10.5. The number of phosphoric acid groups is 1. The van der Waals surface area contributed by atoms with E-state index in [0.29, 0.717) is 19.8 Å². The van der Waals surface area contributed by atoms with Gasteiger partial charge in [0.05, 0.1) is 40.0 Å². The number of fused-ring (bicyclic) bond motifs is 3. The predicted molar refractivity (Wildman–Crippen MR) is 175 cm³/mol. The van der Waals surface area contributed by atoms with Crippen LogP contribution in [0.5, 0.6) is 0 Å². The van der Waals surface area contributed by atoms with Crippen molar-refractivity contribution in [2.75, 3.05) is 46.6 Å². The molecule has 2 bridgehead atoms. The molecular weight excluding hydrogens is 561 g/mol. The molecule has 3 saturated heterocycles. The fraction of sp³-hybridized carbons (Fsp3) is 0.829. The van der Waals surface area contributed by atoms with Crippen molar-refractivity contribution < 1.29 is 32.5 Å². The molecule has 3 aliphatic heterocycles. The summed E-state index contributed by atoms with van der Waals surface area (Å²) < 4.78 is 36.7. The minimum absolute atomic E-state index is 0.0429.